The second-order valence-corrected chi connectivity index (χ2v) is 6.41. The fourth-order valence-corrected chi connectivity index (χ4v) is 2.90. The predicted octanol–water partition coefficient (Wildman–Crippen LogP) is 4.63. The molecule has 3 aromatic rings. The average Bonchev–Trinajstić information content (AvgIpc) is 3.05. The lowest BCUT2D eigenvalue weighted by molar-refractivity contribution is 0.284. The zero-order valence-electron chi connectivity index (χ0n) is 15.0. The smallest absolute Gasteiger partial charge is 0.216 e. The van der Waals surface area contributed by atoms with Crippen LogP contribution < -0.4 is 9.47 Å². The van der Waals surface area contributed by atoms with E-state index in [2.05, 4.69) is 15.3 Å². The SMILES string of the molecule is CCc1n[nH]c(=S)n1/N=C\c1cccc(OC)c1OCc1ccccc1Cl. The molecule has 0 aliphatic carbocycles. The van der Waals surface area contributed by atoms with Crippen LogP contribution in [0.5, 0.6) is 11.5 Å². The van der Waals surface area contributed by atoms with E-state index in [9.17, 15) is 0 Å². The van der Waals surface area contributed by atoms with Gasteiger partial charge in [0.05, 0.1) is 13.3 Å². The number of rotatable bonds is 7. The maximum absolute atomic E-state index is 6.22. The number of methoxy groups -OCH3 is 1. The number of nitrogens with zero attached hydrogens (tertiary/aromatic N) is 3. The summed E-state index contributed by atoms with van der Waals surface area (Å²) < 4.78 is 13.5. The number of H-pyrrole nitrogens is 1. The lowest BCUT2D eigenvalue weighted by Crippen LogP contribution is -2.02. The standard InChI is InChI=1S/C19H19ClN4O2S/c1-3-17-22-23-19(27)24(17)21-11-13-8-6-10-16(25-2)18(13)26-12-14-7-4-5-9-15(14)20/h4-11H,3,12H2,1-2H3,(H,23,27)/b21-11-. The number of para-hydroxylation sites is 1. The Morgan fingerprint density at radius 2 is 2.07 bits per heavy atom. The molecule has 1 N–H and O–H groups in total. The number of ether oxygens (including phenoxy) is 2. The van der Waals surface area contributed by atoms with Crippen LogP contribution in [0.25, 0.3) is 0 Å². The maximum Gasteiger partial charge on any atom is 0.216 e. The van der Waals surface area contributed by atoms with Gasteiger partial charge in [-0.3, -0.25) is 5.10 Å². The Morgan fingerprint density at radius 1 is 1.26 bits per heavy atom. The summed E-state index contributed by atoms with van der Waals surface area (Å²) in [4.78, 5) is 0. The number of aromatic amines is 1. The van der Waals surface area contributed by atoms with Crippen molar-refractivity contribution in [3.8, 4) is 11.5 Å². The van der Waals surface area contributed by atoms with Crippen molar-refractivity contribution in [3.63, 3.8) is 0 Å². The molecule has 1 aromatic heterocycles. The Balaban J connectivity index is 1.92. The summed E-state index contributed by atoms with van der Waals surface area (Å²) in [7, 11) is 1.60. The molecule has 0 atom stereocenters. The zero-order chi connectivity index (χ0) is 19.2. The summed E-state index contributed by atoms with van der Waals surface area (Å²) in [5.74, 6) is 1.94. The van der Waals surface area contributed by atoms with Gasteiger partial charge in [-0.15, -0.1) is 0 Å². The van der Waals surface area contributed by atoms with Crippen molar-refractivity contribution in [1.82, 2.24) is 14.9 Å². The Hall–Kier alpha value is -2.64. The molecular weight excluding hydrogens is 384 g/mol. The van der Waals surface area contributed by atoms with Crippen molar-refractivity contribution in [2.75, 3.05) is 7.11 Å². The molecule has 6 nitrogen and oxygen atoms in total. The summed E-state index contributed by atoms with van der Waals surface area (Å²) in [6, 6.07) is 13.2. The fourth-order valence-electron chi connectivity index (χ4n) is 2.51. The van der Waals surface area contributed by atoms with Crippen LogP contribution in [0.3, 0.4) is 0 Å². The second kappa shape index (κ2) is 8.83. The largest absolute Gasteiger partial charge is 0.493 e. The highest BCUT2D eigenvalue weighted by Gasteiger charge is 2.11. The van der Waals surface area contributed by atoms with Gasteiger partial charge < -0.3 is 9.47 Å². The van der Waals surface area contributed by atoms with Crippen LogP contribution in [-0.4, -0.2) is 28.2 Å². The van der Waals surface area contributed by atoms with Gasteiger partial charge in [-0.2, -0.15) is 14.9 Å². The van der Waals surface area contributed by atoms with Gasteiger partial charge >= 0.3 is 0 Å². The number of hydrogen-bond donors (Lipinski definition) is 1. The minimum absolute atomic E-state index is 0.312. The molecule has 0 aliphatic rings. The first-order valence-electron chi connectivity index (χ1n) is 8.38. The molecule has 0 saturated heterocycles. The van der Waals surface area contributed by atoms with Gasteiger partial charge in [0.2, 0.25) is 4.77 Å². The summed E-state index contributed by atoms with van der Waals surface area (Å²) >= 11 is 11.4. The van der Waals surface area contributed by atoms with Crippen LogP contribution in [0.2, 0.25) is 5.02 Å². The number of aromatic nitrogens is 3. The molecule has 0 unspecified atom stereocenters. The zero-order valence-corrected chi connectivity index (χ0v) is 16.5. The van der Waals surface area contributed by atoms with Crippen LogP contribution in [0.1, 0.15) is 23.9 Å². The van der Waals surface area contributed by atoms with Gasteiger partial charge in [0.1, 0.15) is 6.61 Å². The lowest BCUT2D eigenvalue weighted by atomic mass is 10.2. The number of halogens is 1. The van der Waals surface area contributed by atoms with E-state index in [0.717, 1.165) is 17.0 Å². The normalized spacial score (nSPS) is 11.1. The van der Waals surface area contributed by atoms with Gasteiger partial charge in [0, 0.05) is 22.6 Å². The molecule has 2 aromatic carbocycles. The quantitative estimate of drug-likeness (QED) is 0.462. The molecule has 8 heteroatoms. The van der Waals surface area contributed by atoms with E-state index in [4.69, 9.17) is 33.3 Å². The molecular formula is C19H19ClN4O2S. The van der Waals surface area contributed by atoms with Crippen molar-refractivity contribution in [2.24, 2.45) is 5.10 Å². The number of hydrogen-bond acceptors (Lipinski definition) is 5. The number of aryl methyl sites for hydroxylation is 1. The second-order valence-electron chi connectivity index (χ2n) is 5.61. The van der Waals surface area contributed by atoms with Crippen molar-refractivity contribution in [3.05, 3.63) is 69.2 Å². The third-order valence-corrected chi connectivity index (χ3v) is 4.54. The summed E-state index contributed by atoms with van der Waals surface area (Å²) in [5, 5.41) is 12.0. The fraction of sp³-hybridized carbons (Fsp3) is 0.211. The third-order valence-electron chi connectivity index (χ3n) is 3.91. The molecule has 0 saturated carbocycles. The van der Waals surface area contributed by atoms with Crippen molar-refractivity contribution in [2.45, 2.75) is 20.0 Å². The van der Waals surface area contributed by atoms with Gasteiger partial charge in [-0.1, -0.05) is 42.8 Å². The Bertz CT molecular complexity index is 1010. The van der Waals surface area contributed by atoms with Crippen LogP contribution in [0.4, 0.5) is 0 Å². The van der Waals surface area contributed by atoms with Crippen LogP contribution >= 0.6 is 23.8 Å². The average molecular weight is 403 g/mol. The Kier molecular flexibility index (Phi) is 6.26. The number of benzene rings is 2. The van der Waals surface area contributed by atoms with Gasteiger partial charge in [-0.05, 0) is 30.4 Å². The van der Waals surface area contributed by atoms with E-state index in [1.54, 1.807) is 18.0 Å². The minimum Gasteiger partial charge on any atom is -0.493 e. The van der Waals surface area contributed by atoms with E-state index in [0.29, 0.717) is 34.3 Å². The Labute approximate surface area is 167 Å². The molecule has 0 radical (unpaired) electrons. The first-order valence-corrected chi connectivity index (χ1v) is 9.16. The predicted molar refractivity (Wildman–Crippen MR) is 109 cm³/mol. The highest BCUT2D eigenvalue weighted by atomic mass is 35.5. The van der Waals surface area contributed by atoms with E-state index in [1.165, 1.54) is 0 Å². The van der Waals surface area contributed by atoms with E-state index in [1.807, 2.05) is 49.4 Å². The van der Waals surface area contributed by atoms with Crippen molar-refractivity contribution < 1.29 is 9.47 Å². The van der Waals surface area contributed by atoms with Gasteiger partial charge in [-0.25, -0.2) is 0 Å². The van der Waals surface area contributed by atoms with Crippen molar-refractivity contribution >= 4 is 30.0 Å². The molecule has 0 amide bonds. The molecule has 1 heterocycles. The summed E-state index contributed by atoms with van der Waals surface area (Å²) in [5.41, 5.74) is 1.64. The molecule has 3 rings (SSSR count). The van der Waals surface area contributed by atoms with Crippen LogP contribution in [0, 0.1) is 4.77 Å². The highest BCUT2D eigenvalue weighted by molar-refractivity contribution is 7.71. The Morgan fingerprint density at radius 3 is 2.81 bits per heavy atom. The van der Waals surface area contributed by atoms with Crippen molar-refractivity contribution in [1.29, 1.82) is 0 Å². The summed E-state index contributed by atoms with van der Waals surface area (Å²) in [6.07, 6.45) is 2.38. The maximum atomic E-state index is 6.22. The van der Waals surface area contributed by atoms with Gasteiger partial charge in [0.15, 0.2) is 17.3 Å². The lowest BCUT2D eigenvalue weighted by Gasteiger charge is -2.13. The monoisotopic (exact) mass is 402 g/mol. The highest BCUT2D eigenvalue weighted by Crippen LogP contribution is 2.31. The molecule has 0 aliphatic heterocycles. The van der Waals surface area contributed by atoms with Crippen LogP contribution in [0.15, 0.2) is 47.6 Å². The van der Waals surface area contributed by atoms with Gasteiger partial charge in [0.25, 0.3) is 0 Å². The third kappa shape index (κ3) is 4.37. The molecule has 0 spiro atoms. The van der Waals surface area contributed by atoms with E-state index < -0.39 is 0 Å². The molecule has 27 heavy (non-hydrogen) atoms. The minimum atomic E-state index is 0.312. The molecule has 0 bridgehead atoms. The first-order chi connectivity index (χ1) is 13.1. The number of nitrogens with one attached hydrogen (secondary N) is 1. The van der Waals surface area contributed by atoms with E-state index in [-0.39, 0.29) is 0 Å². The molecule has 0 fully saturated rings. The summed E-state index contributed by atoms with van der Waals surface area (Å²) in [6.45, 7) is 2.30. The van der Waals surface area contributed by atoms with Crippen LogP contribution in [-0.2, 0) is 13.0 Å². The molecule has 140 valence electrons. The first kappa shape index (κ1) is 19.1. The topological polar surface area (TPSA) is 64.4 Å². The van der Waals surface area contributed by atoms with E-state index >= 15 is 0 Å².